The number of thioether (sulfide) groups is 1. The maximum absolute atomic E-state index is 11.8. The second-order valence-corrected chi connectivity index (χ2v) is 5.64. The van der Waals surface area contributed by atoms with Gasteiger partial charge in [0.1, 0.15) is 0 Å². The number of halogens is 2. The smallest absolute Gasteiger partial charge is 0.234 e. The van der Waals surface area contributed by atoms with Gasteiger partial charge < -0.3 is 5.32 Å². The van der Waals surface area contributed by atoms with Crippen LogP contribution in [0.2, 0.25) is 10.0 Å². The highest BCUT2D eigenvalue weighted by Gasteiger charge is 2.05. The van der Waals surface area contributed by atoms with Crippen LogP contribution in [0.25, 0.3) is 0 Å². The van der Waals surface area contributed by atoms with Crippen LogP contribution in [0.3, 0.4) is 0 Å². The first-order chi connectivity index (χ1) is 9.15. The molecule has 0 bridgehead atoms. The molecule has 2 rings (SSSR count). The zero-order chi connectivity index (χ0) is 13.7. The van der Waals surface area contributed by atoms with Gasteiger partial charge in [-0.3, -0.25) is 4.79 Å². The summed E-state index contributed by atoms with van der Waals surface area (Å²) in [6, 6.07) is 14.8. The quantitative estimate of drug-likeness (QED) is 0.827. The standard InChI is InChI=1S/C14H11Cl2NOS/c15-12-7-6-10(8-13(12)16)17-14(18)9-19-11-4-2-1-3-5-11/h1-8H,9H2,(H,17,18). The van der Waals surface area contributed by atoms with Gasteiger partial charge in [0.25, 0.3) is 0 Å². The lowest BCUT2D eigenvalue weighted by molar-refractivity contribution is -0.113. The van der Waals surface area contributed by atoms with Gasteiger partial charge in [-0.1, -0.05) is 41.4 Å². The summed E-state index contributed by atoms with van der Waals surface area (Å²) in [5, 5.41) is 3.67. The summed E-state index contributed by atoms with van der Waals surface area (Å²) in [7, 11) is 0. The molecule has 1 amide bonds. The fraction of sp³-hybridized carbons (Fsp3) is 0.0714. The van der Waals surface area contributed by atoms with Crippen LogP contribution in [0.1, 0.15) is 0 Å². The van der Waals surface area contributed by atoms with Gasteiger partial charge in [0.05, 0.1) is 15.8 Å². The van der Waals surface area contributed by atoms with E-state index in [9.17, 15) is 4.79 Å². The molecular formula is C14H11Cl2NOS. The van der Waals surface area contributed by atoms with Gasteiger partial charge in [-0.2, -0.15) is 0 Å². The number of anilines is 1. The highest BCUT2D eigenvalue weighted by atomic mass is 35.5. The van der Waals surface area contributed by atoms with Crippen molar-refractivity contribution in [2.75, 3.05) is 11.1 Å². The number of nitrogens with one attached hydrogen (secondary N) is 1. The summed E-state index contributed by atoms with van der Waals surface area (Å²) in [4.78, 5) is 12.8. The lowest BCUT2D eigenvalue weighted by Crippen LogP contribution is -2.13. The van der Waals surface area contributed by atoms with Crippen LogP contribution < -0.4 is 5.32 Å². The van der Waals surface area contributed by atoms with Crippen molar-refractivity contribution in [2.24, 2.45) is 0 Å². The van der Waals surface area contributed by atoms with Crippen molar-refractivity contribution in [1.82, 2.24) is 0 Å². The molecule has 0 spiro atoms. The molecular weight excluding hydrogens is 301 g/mol. The Morgan fingerprint density at radius 2 is 1.79 bits per heavy atom. The molecule has 0 aromatic heterocycles. The van der Waals surface area contributed by atoms with Crippen molar-refractivity contribution in [3.05, 3.63) is 58.6 Å². The fourth-order valence-corrected chi connectivity index (χ4v) is 2.45. The van der Waals surface area contributed by atoms with Crippen LogP contribution in [0.4, 0.5) is 5.69 Å². The number of hydrogen-bond acceptors (Lipinski definition) is 2. The molecule has 0 saturated carbocycles. The molecule has 1 N–H and O–H groups in total. The first-order valence-corrected chi connectivity index (χ1v) is 7.32. The second kappa shape index (κ2) is 6.85. The molecule has 0 aliphatic heterocycles. The average molecular weight is 312 g/mol. The monoisotopic (exact) mass is 311 g/mol. The van der Waals surface area contributed by atoms with Crippen molar-refractivity contribution >= 4 is 46.6 Å². The van der Waals surface area contributed by atoms with E-state index in [1.807, 2.05) is 30.3 Å². The predicted molar refractivity (Wildman–Crippen MR) is 82.3 cm³/mol. The van der Waals surface area contributed by atoms with Crippen molar-refractivity contribution in [3.8, 4) is 0 Å². The second-order valence-electron chi connectivity index (χ2n) is 3.78. The van der Waals surface area contributed by atoms with Gasteiger partial charge in [0.2, 0.25) is 5.91 Å². The van der Waals surface area contributed by atoms with E-state index in [2.05, 4.69) is 5.32 Å². The molecule has 0 aliphatic rings. The summed E-state index contributed by atoms with van der Waals surface area (Å²) in [6.07, 6.45) is 0. The number of benzene rings is 2. The number of carbonyl (C=O) groups excluding carboxylic acids is 1. The lowest BCUT2D eigenvalue weighted by atomic mass is 10.3. The molecule has 0 saturated heterocycles. The van der Waals surface area contributed by atoms with E-state index in [-0.39, 0.29) is 5.91 Å². The van der Waals surface area contributed by atoms with Crippen LogP contribution in [-0.4, -0.2) is 11.7 Å². The Labute approximate surface area is 126 Å². The van der Waals surface area contributed by atoms with E-state index < -0.39 is 0 Å². The van der Waals surface area contributed by atoms with Gasteiger partial charge in [0.15, 0.2) is 0 Å². The molecule has 0 fully saturated rings. The molecule has 0 aliphatic carbocycles. The third-order valence-electron chi connectivity index (χ3n) is 2.32. The van der Waals surface area contributed by atoms with Gasteiger partial charge in [-0.25, -0.2) is 0 Å². The minimum absolute atomic E-state index is 0.0766. The molecule has 2 aromatic carbocycles. The van der Waals surface area contributed by atoms with Crippen molar-refractivity contribution < 1.29 is 4.79 Å². The third-order valence-corrected chi connectivity index (χ3v) is 4.07. The molecule has 5 heteroatoms. The minimum atomic E-state index is -0.0766. The highest BCUT2D eigenvalue weighted by molar-refractivity contribution is 8.00. The Hall–Kier alpha value is -1.16. The Morgan fingerprint density at radius 3 is 2.47 bits per heavy atom. The highest BCUT2D eigenvalue weighted by Crippen LogP contribution is 2.25. The largest absolute Gasteiger partial charge is 0.325 e. The van der Waals surface area contributed by atoms with E-state index in [1.165, 1.54) is 11.8 Å². The summed E-state index contributed by atoms with van der Waals surface area (Å²) >= 11 is 13.2. The number of amides is 1. The van der Waals surface area contributed by atoms with Crippen LogP contribution in [-0.2, 0) is 4.79 Å². The van der Waals surface area contributed by atoms with Crippen LogP contribution in [0, 0.1) is 0 Å². The average Bonchev–Trinajstić information content (AvgIpc) is 2.42. The van der Waals surface area contributed by atoms with Crippen LogP contribution in [0.15, 0.2) is 53.4 Å². The van der Waals surface area contributed by atoms with E-state index >= 15 is 0 Å². The molecule has 0 heterocycles. The van der Waals surface area contributed by atoms with Crippen molar-refractivity contribution in [3.63, 3.8) is 0 Å². The van der Waals surface area contributed by atoms with Crippen LogP contribution in [0.5, 0.6) is 0 Å². The number of hydrogen-bond donors (Lipinski definition) is 1. The van der Waals surface area contributed by atoms with E-state index in [4.69, 9.17) is 23.2 Å². The lowest BCUT2D eigenvalue weighted by Gasteiger charge is -2.06. The molecule has 98 valence electrons. The number of rotatable bonds is 4. The Morgan fingerprint density at radius 1 is 1.05 bits per heavy atom. The van der Waals surface area contributed by atoms with Gasteiger partial charge in [-0.05, 0) is 30.3 Å². The number of carbonyl (C=O) groups is 1. The maximum atomic E-state index is 11.8. The summed E-state index contributed by atoms with van der Waals surface area (Å²) in [5.41, 5.74) is 0.646. The first kappa shape index (κ1) is 14.3. The Kier molecular flexibility index (Phi) is 5.14. The first-order valence-electron chi connectivity index (χ1n) is 5.58. The molecule has 0 atom stereocenters. The molecule has 2 aromatic rings. The predicted octanol–water partition coefficient (Wildman–Crippen LogP) is 4.72. The summed E-state index contributed by atoms with van der Waals surface area (Å²) < 4.78 is 0. The van der Waals surface area contributed by atoms with Gasteiger partial charge >= 0.3 is 0 Å². The summed E-state index contributed by atoms with van der Waals surface area (Å²) in [6.45, 7) is 0. The maximum Gasteiger partial charge on any atom is 0.234 e. The minimum Gasteiger partial charge on any atom is -0.325 e. The molecule has 2 nitrogen and oxygen atoms in total. The fourth-order valence-electron chi connectivity index (χ4n) is 1.44. The Bertz CT molecular complexity index is 575. The van der Waals surface area contributed by atoms with Crippen LogP contribution >= 0.6 is 35.0 Å². The van der Waals surface area contributed by atoms with Crippen molar-refractivity contribution in [2.45, 2.75) is 4.90 Å². The van der Waals surface area contributed by atoms with E-state index in [0.717, 1.165) is 4.90 Å². The van der Waals surface area contributed by atoms with E-state index in [0.29, 0.717) is 21.5 Å². The summed E-state index contributed by atoms with van der Waals surface area (Å²) in [5.74, 6) is 0.275. The molecule has 0 radical (unpaired) electrons. The SMILES string of the molecule is O=C(CSc1ccccc1)Nc1ccc(Cl)c(Cl)c1. The Balaban J connectivity index is 1.89. The zero-order valence-corrected chi connectivity index (χ0v) is 12.2. The van der Waals surface area contributed by atoms with Gasteiger partial charge in [-0.15, -0.1) is 11.8 Å². The van der Waals surface area contributed by atoms with E-state index in [1.54, 1.807) is 18.2 Å². The normalized spacial score (nSPS) is 10.2. The molecule has 0 unspecified atom stereocenters. The zero-order valence-electron chi connectivity index (χ0n) is 9.90. The third kappa shape index (κ3) is 4.46. The van der Waals surface area contributed by atoms with Gasteiger partial charge in [0, 0.05) is 10.6 Å². The molecule has 19 heavy (non-hydrogen) atoms. The van der Waals surface area contributed by atoms with Crippen molar-refractivity contribution in [1.29, 1.82) is 0 Å². The topological polar surface area (TPSA) is 29.1 Å².